The maximum absolute atomic E-state index is 11.5. The molecule has 0 radical (unpaired) electrons. The Bertz CT molecular complexity index is 459. The predicted molar refractivity (Wildman–Crippen MR) is 94.1 cm³/mol. The lowest BCUT2D eigenvalue weighted by Gasteiger charge is -2.61. The van der Waals surface area contributed by atoms with Crippen LogP contribution in [0.3, 0.4) is 0 Å². The third-order valence-corrected chi connectivity index (χ3v) is 6.90. The molecule has 1 saturated heterocycles. The van der Waals surface area contributed by atoms with Crippen molar-refractivity contribution in [3.8, 4) is 0 Å². The summed E-state index contributed by atoms with van der Waals surface area (Å²) in [7, 11) is 0. The molecule has 3 rings (SSSR count). The van der Waals surface area contributed by atoms with E-state index in [0.29, 0.717) is 12.0 Å². The van der Waals surface area contributed by atoms with Crippen LogP contribution >= 0.6 is 0 Å². The van der Waals surface area contributed by atoms with Crippen LogP contribution in [0.2, 0.25) is 0 Å². The molecule has 2 fully saturated rings. The van der Waals surface area contributed by atoms with Crippen LogP contribution in [0, 0.1) is 17.8 Å². The quantitative estimate of drug-likeness (QED) is 0.742. The minimum absolute atomic E-state index is 0.0677. The molecule has 0 unspecified atom stereocenters. The fraction of sp³-hybridized carbons (Fsp3) is 0.900. The average molecular weight is 322 g/mol. The minimum Gasteiger partial charge on any atom is -0.385 e. The van der Waals surface area contributed by atoms with E-state index < -0.39 is 5.60 Å². The van der Waals surface area contributed by atoms with Crippen LogP contribution in [0.1, 0.15) is 66.7 Å². The monoisotopic (exact) mass is 321 g/mol. The highest BCUT2D eigenvalue weighted by Gasteiger charge is 2.56. The number of aliphatic hydroxyl groups is 1. The van der Waals surface area contributed by atoms with Crippen LogP contribution in [0.15, 0.2) is 12.2 Å². The van der Waals surface area contributed by atoms with E-state index in [0.717, 1.165) is 31.7 Å². The van der Waals surface area contributed by atoms with Gasteiger partial charge in [0.05, 0.1) is 6.10 Å². The summed E-state index contributed by atoms with van der Waals surface area (Å²) in [5.74, 6) is 1.49. The van der Waals surface area contributed by atoms with Gasteiger partial charge in [-0.15, -0.1) is 0 Å². The van der Waals surface area contributed by atoms with Gasteiger partial charge in [0.2, 0.25) is 0 Å². The smallest absolute Gasteiger partial charge is 0.140 e. The van der Waals surface area contributed by atoms with Crippen molar-refractivity contribution in [2.75, 3.05) is 6.54 Å². The highest BCUT2D eigenvalue weighted by Crippen LogP contribution is 2.48. The van der Waals surface area contributed by atoms with Crippen LogP contribution in [-0.4, -0.2) is 40.0 Å². The van der Waals surface area contributed by atoms with Gasteiger partial charge in [0.15, 0.2) is 0 Å². The SMILES string of the molecule is CC(C)[C@@]1(O)CC/C=C\CN2[C@H]1O[C@@H]1C[C@H](C)CC[C@H]1C2(C)C. The van der Waals surface area contributed by atoms with Crippen molar-refractivity contribution in [2.24, 2.45) is 17.8 Å². The zero-order chi connectivity index (χ0) is 16.8. The Balaban J connectivity index is 1.99. The predicted octanol–water partition coefficient (Wildman–Crippen LogP) is 3.97. The first kappa shape index (κ1) is 17.4. The summed E-state index contributed by atoms with van der Waals surface area (Å²) in [6, 6.07) is 0. The molecule has 23 heavy (non-hydrogen) atoms. The summed E-state index contributed by atoms with van der Waals surface area (Å²) < 4.78 is 6.65. The normalized spacial score (nSPS) is 45.7. The van der Waals surface area contributed by atoms with Crippen molar-refractivity contribution in [3.05, 3.63) is 12.2 Å². The van der Waals surface area contributed by atoms with E-state index in [-0.39, 0.29) is 17.7 Å². The highest BCUT2D eigenvalue weighted by atomic mass is 16.5. The summed E-state index contributed by atoms with van der Waals surface area (Å²) in [5.41, 5.74) is -0.702. The summed E-state index contributed by atoms with van der Waals surface area (Å²) in [6.45, 7) is 12.2. The molecule has 0 amide bonds. The molecule has 2 heterocycles. The molecular formula is C20H35NO2. The van der Waals surface area contributed by atoms with Crippen molar-refractivity contribution in [3.63, 3.8) is 0 Å². The number of rotatable bonds is 1. The molecule has 5 atom stereocenters. The van der Waals surface area contributed by atoms with E-state index in [2.05, 4.69) is 51.7 Å². The molecule has 0 aromatic carbocycles. The third kappa shape index (κ3) is 2.89. The van der Waals surface area contributed by atoms with Gasteiger partial charge in [0, 0.05) is 18.0 Å². The van der Waals surface area contributed by atoms with Gasteiger partial charge >= 0.3 is 0 Å². The van der Waals surface area contributed by atoms with E-state index in [1.54, 1.807) is 0 Å². The molecule has 1 N–H and O–H groups in total. The molecule has 3 heteroatoms. The van der Waals surface area contributed by atoms with Gasteiger partial charge in [0.1, 0.15) is 11.8 Å². The molecule has 3 aliphatic rings. The van der Waals surface area contributed by atoms with Gasteiger partial charge < -0.3 is 9.84 Å². The molecule has 1 aliphatic carbocycles. The molecule has 0 aromatic heterocycles. The summed E-state index contributed by atoms with van der Waals surface area (Å²) in [4.78, 5) is 2.44. The minimum atomic E-state index is -0.770. The van der Waals surface area contributed by atoms with Gasteiger partial charge in [-0.2, -0.15) is 0 Å². The standard InChI is InChI=1S/C20H35NO2/c1-14(2)20(22)11-7-6-8-12-21-18(20)23-17-13-15(3)9-10-16(17)19(21,4)5/h6,8,14-18,22H,7,9-13H2,1-5H3/b8-6-/t15-,16-,17-,18+,20+/m1/s1. The van der Waals surface area contributed by atoms with Gasteiger partial charge in [-0.25, -0.2) is 0 Å². The number of ether oxygens (including phenoxy) is 1. The van der Waals surface area contributed by atoms with E-state index >= 15 is 0 Å². The molecule has 0 aromatic rings. The second-order valence-corrected chi connectivity index (χ2v) is 9.01. The van der Waals surface area contributed by atoms with Crippen molar-refractivity contribution in [1.29, 1.82) is 0 Å². The summed E-state index contributed by atoms with van der Waals surface area (Å²) in [6.07, 6.45) is 10.0. The van der Waals surface area contributed by atoms with E-state index in [1.165, 1.54) is 12.8 Å². The van der Waals surface area contributed by atoms with Crippen LogP contribution in [0.5, 0.6) is 0 Å². The number of fused-ring (bicyclic) bond motifs is 2. The van der Waals surface area contributed by atoms with E-state index in [9.17, 15) is 5.11 Å². The Morgan fingerprint density at radius 1 is 1.22 bits per heavy atom. The number of hydrogen-bond donors (Lipinski definition) is 1. The van der Waals surface area contributed by atoms with Gasteiger partial charge in [-0.05, 0) is 51.4 Å². The molecule has 2 aliphatic heterocycles. The fourth-order valence-corrected chi connectivity index (χ4v) is 5.08. The van der Waals surface area contributed by atoms with Gasteiger partial charge in [0.25, 0.3) is 0 Å². The van der Waals surface area contributed by atoms with Crippen molar-refractivity contribution < 1.29 is 9.84 Å². The zero-order valence-corrected chi connectivity index (χ0v) is 15.6. The van der Waals surface area contributed by atoms with E-state index in [4.69, 9.17) is 4.74 Å². The molecule has 3 nitrogen and oxygen atoms in total. The topological polar surface area (TPSA) is 32.7 Å². The van der Waals surface area contributed by atoms with Crippen LogP contribution in [0.25, 0.3) is 0 Å². The Kier molecular flexibility index (Phi) is 4.67. The lowest BCUT2D eigenvalue weighted by Crippen LogP contribution is -2.71. The summed E-state index contributed by atoms with van der Waals surface area (Å²) in [5, 5.41) is 11.5. The third-order valence-electron chi connectivity index (χ3n) is 6.90. The fourth-order valence-electron chi connectivity index (χ4n) is 5.08. The van der Waals surface area contributed by atoms with Crippen LogP contribution in [0.4, 0.5) is 0 Å². The largest absolute Gasteiger partial charge is 0.385 e. The van der Waals surface area contributed by atoms with Crippen molar-refractivity contribution in [1.82, 2.24) is 4.90 Å². The Hall–Kier alpha value is -0.380. The van der Waals surface area contributed by atoms with Crippen molar-refractivity contribution in [2.45, 2.75) is 90.2 Å². The molecule has 132 valence electrons. The van der Waals surface area contributed by atoms with Gasteiger partial charge in [-0.1, -0.05) is 39.3 Å². The van der Waals surface area contributed by atoms with Crippen LogP contribution in [-0.2, 0) is 4.74 Å². The molecule has 0 bridgehead atoms. The molecule has 0 spiro atoms. The Morgan fingerprint density at radius 3 is 2.65 bits per heavy atom. The Labute approximate surface area is 142 Å². The maximum Gasteiger partial charge on any atom is 0.140 e. The second kappa shape index (κ2) is 6.16. The first-order valence-electron chi connectivity index (χ1n) is 9.56. The molecular weight excluding hydrogens is 286 g/mol. The van der Waals surface area contributed by atoms with Crippen LogP contribution < -0.4 is 0 Å². The number of allylic oxidation sites excluding steroid dienone is 1. The number of hydrogen-bond acceptors (Lipinski definition) is 3. The Morgan fingerprint density at radius 2 is 1.96 bits per heavy atom. The molecule has 1 saturated carbocycles. The highest BCUT2D eigenvalue weighted by molar-refractivity contribution is 5.08. The van der Waals surface area contributed by atoms with Crippen molar-refractivity contribution >= 4 is 0 Å². The number of nitrogens with zero attached hydrogens (tertiary/aromatic N) is 1. The van der Waals surface area contributed by atoms with Gasteiger partial charge in [-0.3, -0.25) is 4.90 Å². The lowest BCUT2D eigenvalue weighted by molar-refractivity contribution is -0.294. The second-order valence-electron chi connectivity index (χ2n) is 9.01. The van der Waals surface area contributed by atoms with E-state index in [1.807, 2.05) is 0 Å². The lowest BCUT2D eigenvalue weighted by atomic mass is 9.68. The maximum atomic E-state index is 11.5. The summed E-state index contributed by atoms with van der Waals surface area (Å²) >= 11 is 0. The average Bonchev–Trinajstić information content (AvgIpc) is 2.45. The first-order chi connectivity index (χ1) is 10.8. The zero-order valence-electron chi connectivity index (χ0n) is 15.6. The first-order valence-corrected chi connectivity index (χ1v) is 9.56.